The van der Waals surface area contributed by atoms with Gasteiger partial charge >= 0.3 is 0 Å². The Labute approximate surface area is 81.0 Å². The molecule has 0 bridgehead atoms. The summed E-state index contributed by atoms with van der Waals surface area (Å²) in [6, 6.07) is 0. The highest BCUT2D eigenvalue weighted by molar-refractivity contribution is 9.11. The average molecular weight is 277 g/mol. The molecule has 1 aromatic heterocycles. The topological polar surface area (TPSA) is 47.0 Å². The highest BCUT2D eigenvalue weighted by atomic mass is 79.9. The minimum atomic E-state index is -3.44. The Balaban J connectivity index is 2.81. The molecule has 1 aromatic rings. The zero-order valence-electron chi connectivity index (χ0n) is 5.12. The lowest BCUT2D eigenvalue weighted by Crippen LogP contribution is -1.91. The Morgan fingerprint density at radius 1 is 1.73 bits per heavy atom. The van der Waals surface area contributed by atoms with E-state index in [1.807, 2.05) is 0 Å². The van der Waals surface area contributed by atoms with Crippen LogP contribution in [-0.2, 0) is 14.8 Å². The molecule has 0 saturated heterocycles. The second-order valence-corrected chi connectivity index (χ2v) is 6.93. The molecule has 0 aromatic carbocycles. The Bertz CT molecular complexity index is 347. The van der Waals surface area contributed by atoms with Crippen molar-refractivity contribution in [1.29, 1.82) is 0 Å². The van der Waals surface area contributed by atoms with Gasteiger partial charge in [0.1, 0.15) is 5.75 Å². The summed E-state index contributed by atoms with van der Waals surface area (Å²) in [6.07, 6.45) is 1.48. The van der Waals surface area contributed by atoms with E-state index >= 15 is 0 Å². The number of hydrogen-bond acceptors (Lipinski definition) is 4. The average Bonchev–Trinajstić information content (AvgIpc) is 2.10. The summed E-state index contributed by atoms with van der Waals surface area (Å²) in [4.78, 5) is 4.44. The number of nitrogens with zero attached hydrogens (tertiary/aromatic N) is 1. The van der Waals surface area contributed by atoms with Crippen molar-refractivity contribution < 1.29 is 8.42 Å². The molecule has 0 unspecified atom stereocenters. The van der Waals surface area contributed by atoms with Crippen LogP contribution in [-0.4, -0.2) is 13.4 Å². The maximum atomic E-state index is 10.5. The van der Waals surface area contributed by atoms with E-state index in [9.17, 15) is 8.42 Å². The lowest BCUT2D eigenvalue weighted by molar-refractivity contribution is 0.609. The monoisotopic (exact) mass is 275 g/mol. The number of rotatable bonds is 2. The van der Waals surface area contributed by atoms with Crippen LogP contribution in [0.3, 0.4) is 0 Å². The third-order valence-electron chi connectivity index (χ3n) is 0.840. The summed E-state index contributed by atoms with van der Waals surface area (Å²) in [5.74, 6) is -0.155. The van der Waals surface area contributed by atoms with Gasteiger partial charge in [-0.05, 0) is 15.9 Å². The third kappa shape index (κ3) is 3.50. The minimum Gasteiger partial charge on any atom is -0.237 e. The molecule has 62 valence electrons. The largest absolute Gasteiger partial charge is 0.237 e. The van der Waals surface area contributed by atoms with Crippen molar-refractivity contribution in [2.24, 2.45) is 0 Å². The van der Waals surface area contributed by atoms with E-state index in [2.05, 4.69) is 20.9 Å². The lowest BCUT2D eigenvalue weighted by Gasteiger charge is -1.87. The molecule has 0 saturated carbocycles. The fraction of sp³-hybridized carbons (Fsp3) is 0.250. The molecule has 0 amide bonds. The standard InChI is InChI=1S/C4H3BrClNO2S2/c5-4-7-1-3(10-4)2-11(6,8)9/h1H,2H2. The van der Waals surface area contributed by atoms with Gasteiger partial charge in [-0.15, -0.1) is 11.3 Å². The van der Waals surface area contributed by atoms with Gasteiger partial charge in [0, 0.05) is 21.8 Å². The molecular weight excluding hydrogens is 274 g/mol. The highest BCUT2D eigenvalue weighted by Crippen LogP contribution is 2.21. The first-order valence-corrected chi connectivity index (χ1v) is 6.59. The van der Waals surface area contributed by atoms with Crippen LogP contribution in [0.4, 0.5) is 0 Å². The van der Waals surface area contributed by atoms with Gasteiger partial charge in [0.05, 0.1) is 0 Å². The molecule has 3 nitrogen and oxygen atoms in total. The summed E-state index contributed by atoms with van der Waals surface area (Å²) in [6.45, 7) is 0. The molecule has 1 heterocycles. The molecule has 0 spiro atoms. The van der Waals surface area contributed by atoms with Gasteiger partial charge in [-0.3, -0.25) is 0 Å². The third-order valence-corrected chi connectivity index (χ3v) is 3.48. The van der Waals surface area contributed by atoms with Crippen LogP contribution in [0.2, 0.25) is 0 Å². The van der Waals surface area contributed by atoms with Gasteiger partial charge in [0.15, 0.2) is 3.92 Å². The molecule has 0 aliphatic rings. The van der Waals surface area contributed by atoms with Crippen molar-refractivity contribution in [1.82, 2.24) is 4.98 Å². The van der Waals surface area contributed by atoms with Gasteiger partial charge in [-0.1, -0.05) is 0 Å². The van der Waals surface area contributed by atoms with Crippen molar-refractivity contribution in [2.45, 2.75) is 5.75 Å². The summed E-state index contributed by atoms with van der Waals surface area (Å²) < 4.78 is 21.7. The van der Waals surface area contributed by atoms with Gasteiger partial charge in [-0.25, -0.2) is 13.4 Å². The Morgan fingerprint density at radius 2 is 2.36 bits per heavy atom. The van der Waals surface area contributed by atoms with Crippen molar-refractivity contribution in [3.05, 3.63) is 15.0 Å². The second kappa shape index (κ2) is 3.38. The molecule has 7 heteroatoms. The lowest BCUT2D eigenvalue weighted by atomic mass is 10.6. The Morgan fingerprint density at radius 3 is 2.73 bits per heavy atom. The van der Waals surface area contributed by atoms with Crippen LogP contribution in [0.15, 0.2) is 10.1 Å². The van der Waals surface area contributed by atoms with Crippen LogP contribution < -0.4 is 0 Å². The van der Waals surface area contributed by atoms with Crippen molar-refractivity contribution >= 4 is 47.0 Å². The normalized spacial score (nSPS) is 11.8. The highest BCUT2D eigenvalue weighted by Gasteiger charge is 2.09. The van der Waals surface area contributed by atoms with Crippen LogP contribution in [0, 0.1) is 0 Å². The SMILES string of the molecule is O=S(=O)(Cl)Cc1cnc(Br)s1. The smallest absolute Gasteiger partial charge is 0.237 e. The van der Waals surface area contributed by atoms with Crippen molar-refractivity contribution in [2.75, 3.05) is 0 Å². The van der Waals surface area contributed by atoms with Crippen molar-refractivity contribution in [3.8, 4) is 0 Å². The zero-order chi connectivity index (χ0) is 8.48. The number of thiazole rings is 1. The van der Waals surface area contributed by atoms with Gasteiger partial charge < -0.3 is 0 Å². The van der Waals surface area contributed by atoms with E-state index in [4.69, 9.17) is 10.7 Å². The van der Waals surface area contributed by atoms with E-state index in [0.717, 1.165) is 0 Å². The maximum Gasteiger partial charge on any atom is 0.237 e. The van der Waals surface area contributed by atoms with Crippen LogP contribution in [0.5, 0.6) is 0 Å². The van der Waals surface area contributed by atoms with E-state index in [0.29, 0.717) is 8.79 Å². The van der Waals surface area contributed by atoms with Crippen molar-refractivity contribution in [3.63, 3.8) is 0 Å². The first-order valence-electron chi connectivity index (χ1n) is 2.50. The maximum absolute atomic E-state index is 10.5. The van der Waals surface area contributed by atoms with E-state index < -0.39 is 9.05 Å². The van der Waals surface area contributed by atoms with Crippen LogP contribution >= 0.6 is 37.9 Å². The first-order chi connectivity index (χ1) is 4.97. The zero-order valence-corrected chi connectivity index (χ0v) is 9.10. The number of aromatic nitrogens is 1. The van der Waals surface area contributed by atoms with E-state index in [1.165, 1.54) is 17.5 Å². The van der Waals surface area contributed by atoms with E-state index in [1.54, 1.807) is 0 Å². The van der Waals surface area contributed by atoms with Gasteiger partial charge in [-0.2, -0.15) is 0 Å². The quantitative estimate of drug-likeness (QED) is 0.776. The van der Waals surface area contributed by atoms with Gasteiger partial charge in [0.2, 0.25) is 9.05 Å². The molecule has 0 radical (unpaired) electrons. The summed E-state index contributed by atoms with van der Waals surface area (Å²) in [7, 11) is 1.57. The first kappa shape index (κ1) is 9.44. The molecule has 1 rings (SSSR count). The Kier molecular flexibility index (Phi) is 2.90. The summed E-state index contributed by atoms with van der Waals surface area (Å²) >= 11 is 4.37. The van der Waals surface area contributed by atoms with Gasteiger partial charge in [0.25, 0.3) is 0 Å². The predicted molar refractivity (Wildman–Crippen MR) is 48.3 cm³/mol. The molecular formula is C4H3BrClNO2S2. The fourth-order valence-corrected chi connectivity index (χ4v) is 3.34. The fourth-order valence-electron chi connectivity index (χ4n) is 0.520. The summed E-state index contributed by atoms with van der Waals surface area (Å²) in [5.41, 5.74) is 0. The molecule has 0 aliphatic carbocycles. The van der Waals surface area contributed by atoms with Crippen LogP contribution in [0.25, 0.3) is 0 Å². The number of hydrogen-bond donors (Lipinski definition) is 0. The number of halogens is 2. The van der Waals surface area contributed by atoms with E-state index in [-0.39, 0.29) is 5.75 Å². The minimum absolute atomic E-state index is 0.155. The molecule has 0 atom stereocenters. The predicted octanol–water partition coefficient (Wildman–Crippen LogP) is 1.97. The molecule has 0 aliphatic heterocycles. The molecule has 11 heavy (non-hydrogen) atoms. The second-order valence-electron chi connectivity index (χ2n) is 1.76. The Hall–Kier alpha value is 0.350. The molecule has 0 fully saturated rings. The summed E-state index contributed by atoms with van der Waals surface area (Å²) in [5, 5.41) is 0. The van der Waals surface area contributed by atoms with Crippen LogP contribution in [0.1, 0.15) is 4.88 Å². The molecule has 0 N–H and O–H groups in total.